The van der Waals surface area contributed by atoms with Crippen LogP contribution < -0.4 is 15.4 Å². The topological polar surface area (TPSA) is 70.2 Å². The molecule has 0 saturated heterocycles. The van der Waals surface area contributed by atoms with Crippen LogP contribution in [0, 0.1) is 6.92 Å². The minimum Gasteiger partial charge on any atom is -0.314 e. The lowest BCUT2D eigenvalue weighted by Gasteiger charge is -2.09. The van der Waals surface area contributed by atoms with E-state index in [2.05, 4.69) is 27.5 Å². The molecule has 0 fully saturated rings. The van der Waals surface area contributed by atoms with E-state index in [9.17, 15) is 8.42 Å². The predicted octanol–water partition coefficient (Wildman–Crippen LogP) is 1.65. The summed E-state index contributed by atoms with van der Waals surface area (Å²) < 4.78 is 26.8. The lowest BCUT2D eigenvalue weighted by atomic mass is 10.2. The van der Waals surface area contributed by atoms with Crippen LogP contribution in [-0.4, -0.2) is 34.6 Å². The molecule has 6 heteroatoms. The average molecular weight is 347 g/mol. The maximum Gasteiger partial charge on any atom is 0.240 e. The Hall–Kier alpha value is -1.73. The van der Waals surface area contributed by atoms with Gasteiger partial charge in [0.1, 0.15) is 0 Å². The molecule has 0 atom stereocenters. The first kappa shape index (κ1) is 18.6. The van der Waals surface area contributed by atoms with Crippen molar-refractivity contribution in [2.75, 3.05) is 26.2 Å². The van der Waals surface area contributed by atoms with Gasteiger partial charge in [0, 0.05) is 32.7 Å². The lowest BCUT2D eigenvalue weighted by molar-refractivity contribution is 0.571. The molecule has 2 aromatic carbocycles. The average Bonchev–Trinajstić information content (AvgIpc) is 2.58. The number of hydrogen-bond donors (Lipinski definition) is 3. The van der Waals surface area contributed by atoms with Crippen LogP contribution in [0.4, 0.5) is 0 Å². The van der Waals surface area contributed by atoms with E-state index in [4.69, 9.17) is 0 Å². The van der Waals surface area contributed by atoms with E-state index in [1.165, 1.54) is 5.56 Å². The molecule has 0 aliphatic rings. The van der Waals surface area contributed by atoms with E-state index >= 15 is 0 Å². The molecule has 2 aromatic rings. The molecule has 0 unspecified atom stereocenters. The van der Waals surface area contributed by atoms with Gasteiger partial charge in [0.15, 0.2) is 0 Å². The molecule has 0 saturated carbocycles. The standard InChI is InChI=1S/C18H25N3O2S/c1-16-7-9-18(10-8-16)24(22,23)21-14-13-19-11-12-20-15-17-5-3-2-4-6-17/h2-10,19-21H,11-15H2,1H3. The van der Waals surface area contributed by atoms with Crippen LogP contribution >= 0.6 is 0 Å². The zero-order valence-corrected chi connectivity index (χ0v) is 14.8. The maximum atomic E-state index is 12.1. The largest absolute Gasteiger partial charge is 0.314 e. The fraction of sp³-hybridized carbons (Fsp3) is 0.333. The first-order valence-electron chi connectivity index (χ1n) is 8.09. The van der Waals surface area contributed by atoms with Gasteiger partial charge in [-0.15, -0.1) is 0 Å². The highest BCUT2D eigenvalue weighted by atomic mass is 32.2. The Morgan fingerprint density at radius 3 is 2.12 bits per heavy atom. The molecule has 0 bridgehead atoms. The molecule has 0 heterocycles. The van der Waals surface area contributed by atoms with E-state index in [1.807, 2.05) is 25.1 Å². The summed E-state index contributed by atoms with van der Waals surface area (Å²) in [5.74, 6) is 0. The molecule has 24 heavy (non-hydrogen) atoms. The van der Waals surface area contributed by atoms with Crippen molar-refractivity contribution in [2.24, 2.45) is 0 Å². The van der Waals surface area contributed by atoms with Gasteiger partial charge >= 0.3 is 0 Å². The molecular formula is C18H25N3O2S. The van der Waals surface area contributed by atoms with Gasteiger partial charge in [-0.3, -0.25) is 0 Å². The summed E-state index contributed by atoms with van der Waals surface area (Å²) >= 11 is 0. The minimum atomic E-state index is -3.42. The van der Waals surface area contributed by atoms with Gasteiger partial charge < -0.3 is 10.6 Å². The molecule has 0 spiro atoms. The third kappa shape index (κ3) is 6.41. The van der Waals surface area contributed by atoms with Crippen LogP contribution in [0.1, 0.15) is 11.1 Å². The van der Waals surface area contributed by atoms with Gasteiger partial charge in [-0.2, -0.15) is 0 Å². The highest BCUT2D eigenvalue weighted by Gasteiger charge is 2.12. The van der Waals surface area contributed by atoms with Crippen molar-refractivity contribution in [3.63, 3.8) is 0 Å². The molecule has 0 amide bonds. The van der Waals surface area contributed by atoms with Crippen molar-refractivity contribution >= 4 is 10.0 Å². The first-order valence-corrected chi connectivity index (χ1v) is 9.58. The molecule has 0 aliphatic heterocycles. The van der Waals surface area contributed by atoms with Gasteiger partial charge in [0.25, 0.3) is 0 Å². The summed E-state index contributed by atoms with van der Waals surface area (Å²) in [5.41, 5.74) is 2.29. The summed E-state index contributed by atoms with van der Waals surface area (Å²) in [6.07, 6.45) is 0. The fourth-order valence-electron chi connectivity index (χ4n) is 2.20. The zero-order chi connectivity index (χ0) is 17.3. The van der Waals surface area contributed by atoms with Crippen molar-refractivity contribution in [1.82, 2.24) is 15.4 Å². The molecule has 130 valence electrons. The van der Waals surface area contributed by atoms with E-state index in [0.29, 0.717) is 18.0 Å². The first-order chi connectivity index (χ1) is 11.6. The Labute approximate surface area is 144 Å². The summed E-state index contributed by atoms with van der Waals surface area (Å²) in [6, 6.07) is 17.1. The SMILES string of the molecule is Cc1ccc(S(=O)(=O)NCCNCCNCc2ccccc2)cc1. The van der Waals surface area contributed by atoms with Crippen LogP contribution in [0.3, 0.4) is 0 Å². The van der Waals surface area contributed by atoms with Crippen LogP contribution in [0.2, 0.25) is 0 Å². The number of hydrogen-bond acceptors (Lipinski definition) is 4. The number of nitrogens with one attached hydrogen (secondary N) is 3. The van der Waals surface area contributed by atoms with Crippen molar-refractivity contribution in [3.8, 4) is 0 Å². The number of sulfonamides is 1. The second-order valence-corrected chi connectivity index (χ2v) is 7.39. The third-order valence-corrected chi connectivity index (χ3v) is 5.05. The van der Waals surface area contributed by atoms with Crippen molar-refractivity contribution in [2.45, 2.75) is 18.4 Å². The van der Waals surface area contributed by atoms with Gasteiger partial charge in [-0.25, -0.2) is 13.1 Å². The lowest BCUT2D eigenvalue weighted by Crippen LogP contribution is -2.34. The smallest absolute Gasteiger partial charge is 0.240 e. The van der Waals surface area contributed by atoms with Crippen LogP contribution in [0.5, 0.6) is 0 Å². The van der Waals surface area contributed by atoms with Gasteiger partial charge in [0.05, 0.1) is 4.90 Å². The second-order valence-electron chi connectivity index (χ2n) is 5.62. The Morgan fingerprint density at radius 1 is 0.792 bits per heavy atom. The monoisotopic (exact) mass is 347 g/mol. The van der Waals surface area contributed by atoms with Crippen LogP contribution in [0.15, 0.2) is 59.5 Å². The molecule has 3 N–H and O–H groups in total. The molecule has 5 nitrogen and oxygen atoms in total. The summed E-state index contributed by atoms with van der Waals surface area (Å²) in [7, 11) is -3.42. The van der Waals surface area contributed by atoms with Crippen LogP contribution in [0.25, 0.3) is 0 Å². The quantitative estimate of drug-likeness (QED) is 0.572. The van der Waals surface area contributed by atoms with Crippen molar-refractivity contribution < 1.29 is 8.42 Å². The normalized spacial score (nSPS) is 11.5. The molecule has 0 aliphatic carbocycles. The Morgan fingerprint density at radius 2 is 1.42 bits per heavy atom. The van der Waals surface area contributed by atoms with Crippen LogP contribution in [-0.2, 0) is 16.6 Å². The number of aryl methyl sites for hydroxylation is 1. The zero-order valence-electron chi connectivity index (χ0n) is 14.0. The highest BCUT2D eigenvalue weighted by Crippen LogP contribution is 2.09. The molecule has 2 rings (SSSR count). The number of rotatable bonds is 10. The maximum absolute atomic E-state index is 12.1. The fourth-order valence-corrected chi connectivity index (χ4v) is 3.24. The second kappa shape index (κ2) is 9.54. The van der Waals surface area contributed by atoms with E-state index in [-0.39, 0.29) is 0 Å². The summed E-state index contributed by atoms with van der Waals surface area (Å²) in [4.78, 5) is 0.303. The van der Waals surface area contributed by atoms with Gasteiger partial charge in [0.2, 0.25) is 10.0 Å². The molecule has 0 aromatic heterocycles. The summed E-state index contributed by atoms with van der Waals surface area (Å²) in [5, 5.41) is 6.55. The summed E-state index contributed by atoms with van der Waals surface area (Å²) in [6.45, 7) is 5.36. The van der Waals surface area contributed by atoms with E-state index in [0.717, 1.165) is 25.2 Å². The highest BCUT2D eigenvalue weighted by molar-refractivity contribution is 7.89. The number of benzene rings is 2. The Balaban J connectivity index is 1.57. The molecule has 0 radical (unpaired) electrons. The van der Waals surface area contributed by atoms with Crippen molar-refractivity contribution in [3.05, 3.63) is 65.7 Å². The minimum absolute atomic E-state index is 0.303. The molecular weight excluding hydrogens is 322 g/mol. The van der Waals surface area contributed by atoms with E-state index < -0.39 is 10.0 Å². The predicted molar refractivity (Wildman–Crippen MR) is 97.4 cm³/mol. The van der Waals surface area contributed by atoms with Gasteiger partial charge in [-0.05, 0) is 24.6 Å². The Bertz CT molecular complexity index is 701. The van der Waals surface area contributed by atoms with E-state index in [1.54, 1.807) is 24.3 Å². The van der Waals surface area contributed by atoms with Crippen molar-refractivity contribution in [1.29, 1.82) is 0 Å². The Kier molecular flexibility index (Phi) is 7.39. The van der Waals surface area contributed by atoms with Gasteiger partial charge in [-0.1, -0.05) is 48.0 Å². The third-order valence-electron chi connectivity index (χ3n) is 3.58.